The van der Waals surface area contributed by atoms with Gasteiger partial charge < -0.3 is 0 Å². The quantitative estimate of drug-likeness (QED) is 0.418. The molecule has 3 N–H and O–H groups in total. The van der Waals surface area contributed by atoms with Gasteiger partial charge in [-0.3, -0.25) is 11.3 Å². The number of nitrogens with two attached hydrogens (primary N) is 1. The molecule has 0 aliphatic heterocycles. The van der Waals surface area contributed by atoms with Crippen LogP contribution < -0.4 is 11.3 Å². The summed E-state index contributed by atoms with van der Waals surface area (Å²) in [6, 6.07) is 0.262. The SMILES string of the molecule is CC1(C)C=CC=CC1NN. The van der Waals surface area contributed by atoms with E-state index in [2.05, 4.69) is 31.4 Å². The lowest BCUT2D eigenvalue weighted by atomic mass is 9.82. The molecule has 0 radical (unpaired) electrons. The lowest BCUT2D eigenvalue weighted by Gasteiger charge is -2.30. The first-order valence-corrected chi connectivity index (χ1v) is 3.49. The summed E-state index contributed by atoms with van der Waals surface area (Å²) in [5.41, 5.74) is 2.90. The first-order chi connectivity index (χ1) is 4.67. The number of rotatable bonds is 1. The smallest absolute Gasteiger partial charge is 0.0479 e. The normalized spacial score (nSPS) is 28.9. The largest absolute Gasteiger partial charge is 0.271 e. The Balaban J connectivity index is 2.74. The first kappa shape index (κ1) is 7.51. The highest BCUT2D eigenvalue weighted by Gasteiger charge is 2.24. The molecule has 0 aromatic carbocycles. The van der Waals surface area contributed by atoms with E-state index in [1.54, 1.807) is 0 Å². The molecule has 1 aliphatic rings. The van der Waals surface area contributed by atoms with Gasteiger partial charge in [0.25, 0.3) is 0 Å². The number of nitrogens with one attached hydrogen (secondary N) is 1. The second-order valence-corrected chi connectivity index (χ2v) is 3.21. The van der Waals surface area contributed by atoms with Crippen molar-refractivity contribution >= 4 is 0 Å². The molecule has 1 atom stereocenters. The van der Waals surface area contributed by atoms with Crippen LogP contribution in [0.5, 0.6) is 0 Å². The van der Waals surface area contributed by atoms with E-state index in [9.17, 15) is 0 Å². The molecule has 0 bridgehead atoms. The van der Waals surface area contributed by atoms with Crippen LogP contribution in [0.2, 0.25) is 0 Å². The lowest BCUT2D eigenvalue weighted by molar-refractivity contribution is 0.361. The van der Waals surface area contributed by atoms with Crippen molar-refractivity contribution in [3.05, 3.63) is 24.3 Å². The molecule has 0 saturated carbocycles. The summed E-state index contributed by atoms with van der Waals surface area (Å²) < 4.78 is 0. The van der Waals surface area contributed by atoms with Gasteiger partial charge in [-0.2, -0.15) is 0 Å². The maximum atomic E-state index is 5.34. The Labute approximate surface area is 61.8 Å². The molecular weight excluding hydrogens is 124 g/mol. The summed E-state index contributed by atoms with van der Waals surface area (Å²) >= 11 is 0. The van der Waals surface area contributed by atoms with E-state index in [4.69, 9.17) is 5.84 Å². The molecule has 0 amide bonds. The number of hydrogen-bond donors (Lipinski definition) is 2. The summed E-state index contributed by atoms with van der Waals surface area (Å²) in [4.78, 5) is 0. The van der Waals surface area contributed by atoms with Crippen molar-refractivity contribution in [2.75, 3.05) is 0 Å². The summed E-state index contributed by atoms with van der Waals surface area (Å²) in [7, 11) is 0. The van der Waals surface area contributed by atoms with Crippen LogP contribution in [0, 0.1) is 5.41 Å². The van der Waals surface area contributed by atoms with Crippen molar-refractivity contribution in [3.8, 4) is 0 Å². The van der Waals surface area contributed by atoms with Gasteiger partial charge in [0.05, 0.1) is 0 Å². The standard InChI is InChI=1S/C8H14N2/c1-8(2)6-4-3-5-7(8)10-9/h3-7,10H,9H2,1-2H3. The Bertz CT molecular complexity index is 168. The van der Waals surface area contributed by atoms with Gasteiger partial charge >= 0.3 is 0 Å². The van der Waals surface area contributed by atoms with Gasteiger partial charge in [-0.1, -0.05) is 38.2 Å². The Morgan fingerprint density at radius 3 is 2.50 bits per heavy atom. The summed E-state index contributed by atoms with van der Waals surface area (Å²) in [6.45, 7) is 4.30. The van der Waals surface area contributed by atoms with E-state index < -0.39 is 0 Å². The topological polar surface area (TPSA) is 38.0 Å². The van der Waals surface area contributed by atoms with E-state index in [1.807, 2.05) is 12.2 Å². The van der Waals surface area contributed by atoms with Crippen LogP contribution in [-0.4, -0.2) is 6.04 Å². The fourth-order valence-electron chi connectivity index (χ4n) is 1.10. The van der Waals surface area contributed by atoms with Crippen molar-refractivity contribution in [1.82, 2.24) is 5.43 Å². The number of allylic oxidation sites excluding steroid dienone is 2. The minimum absolute atomic E-state index is 0.142. The van der Waals surface area contributed by atoms with Gasteiger partial charge in [-0.05, 0) is 0 Å². The van der Waals surface area contributed by atoms with Crippen LogP contribution >= 0.6 is 0 Å². The van der Waals surface area contributed by atoms with Gasteiger partial charge in [-0.15, -0.1) is 0 Å². The van der Waals surface area contributed by atoms with Crippen LogP contribution in [0.3, 0.4) is 0 Å². The molecular formula is C8H14N2. The maximum absolute atomic E-state index is 5.34. The Kier molecular flexibility index (Phi) is 1.92. The third-order valence-electron chi connectivity index (χ3n) is 1.92. The molecule has 2 nitrogen and oxygen atoms in total. The molecule has 2 heteroatoms. The van der Waals surface area contributed by atoms with Crippen LogP contribution in [-0.2, 0) is 0 Å². The average Bonchev–Trinajstić information content (AvgIpc) is 1.87. The Hall–Kier alpha value is -0.600. The van der Waals surface area contributed by atoms with Crippen LogP contribution in [0.25, 0.3) is 0 Å². The maximum Gasteiger partial charge on any atom is 0.0479 e. The third-order valence-corrected chi connectivity index (χ3v) is 1.92. The third kappa shape index (κ3) is 1.28. The van der Waals surface area contributed by atoms with E-state index in [-0.39, 0.29) is 11.5 Å². The predicted octanol–water partition coefficient (Wildman–Crippen LogP) is 0.970. The van der Waals surface area contributed by atoms with Gasteiger partial charge in [0, 0.05) is 11.5 Å². The monoisotopic (exact) mass is 138 g/mol. The van der Waals surface area contributed by atoms with Gasteiger partial charge in [0.15, 0.2) is 0 Å². The number of hydrazine groups is 1. The van der Waals surface area contributed by atoms with Gasteiger partial charge in [-0.25, -0.2) is 0 Å². The summed E-state index contributed by atoms with van der Waals surface area (Å²) in [6.07, 6.45) is 8.28. The first-order valence-electron chi connectivity index (χ1n) is 3.49. The fraction of sp³-hybridized carbons (Fsp3) is 0.500. The van der Waals surface area contributed by atoms with Crippen molar-refractivity contribution in [2.24, 2.45) is 11.3 Å². The zero-order valence-corrected chi connectivity index (χ0v) is 6.46. The summed E-state index contributed by atoms with van der Waals surface area (Å²) in [5.74, 6) is 5.34. The van der Waals surface area contributed by atoms with E-state index >= 15 is 0 Å². The van der Waals surface area contributed by atoms with Crippen molar-refractivity contribution < 1.29 is 0 Å². The highest BCUT2D eigenvalue weighted by atomic mass is 15.2. The molecule has 1 rings (SSSR count). The van der Waals surface area contributed by atoms with Crippen LogP contribution in [0.15, 0.2) is 24.3 Å². The Morgan fingerprint density at radius 1 is 1.40 bits per heavy atom. The van der Waals surface area contributed by atoms with Gasteiger partial charge in [0.2, 0.25) is 0 Å². The minimum atomic E-state index is 0.142. The Morgan fingerprint density at radius 2 is 2.10 bits per heavy atom. The lowest BCUT2D eigenvalue weighted by Crippen LogP contribution is -2.44. The second-order valence-electron chi connectivity index (χ2n) is 3.21. The highest BCUT2D eigenvalue weighted by Crippen LogP contribution is 2.25. The van der Waals surface area contributed by atoms with Crippen molar-refractivity contribution in [2.45, 2.75) is 19.9 Å². The molecule has 0 fully saturated rings. The zero-order valence-electron chi connectivity index (χ0n) is 6.46. The second kappa shape index (κ2) is 2.56. The van der Waals surface area contributed by atoms with Crippen molar-refractivity contribution in [3.63, 3.8) is 0 Å². The molecule has 0 aromatic rings. The highest BCUT2D eigenvalue weighted by molar-refractivity contribution is 5.20. The van der Waals surface area contributed by atoms with E-state index in [1.165, 1.54) is 0 Å². The molecule has 0 saturated heterocycles. The number of hydrogen-bond acceptors (Lipinski definition) is 2. The minimum Gasteiger partial charge on any atom is -0.271 e. The van der Waals surface area contributed by atoms with Crippen LogP contribution in [0.1, 0.15) is 13.8 Å². The van der Waals surface area contributed by atoms with Crippen molar-refractivity contribution in [1.29, 1.82) is 0 Å². The molecule has 56 valence electrons. The fourth-order valence-corrected chi connectivity index (χ4v) is 1.10. The average molecular weight is 138 g/mol. The molecule has 1 aliphatic carbocycles. The summed E-state index contributed by atoms with van der Waals surface area (Å²) in [5, 5.41) is 0. The molecule has 0 heterocycles. The predicted molar refractivity (Wildman–Crippen MR) is 43.2 cm³/mol. The molecule has 1 unspecified atom stereocenters. The molecule has 10 heavy (non-hydrogen) atoms. The van der Waals surface area contributed by atoms with E-state index in [0.717, 1.165) is 0 Å². The van der Waals surface area contributed by atoms with E-state index in [0.29, 0.717) is 0 Å². The van der Waals surface area contributed by atoms with Gasteiger partial charge in [0.1, 0.15) is 0 Å². The molecule has 0 aromatic heterocycles. The zero-order chi connectivity index (χ0) is 7.61. The van der Waals surface area contributed by atoms with Crippen LogP contribution in [0.4, 0.5) is 0 Å². The molecule has 0 spiro atoms.